The fraction of sp³-hybridized carbons (Fsp3) is 0.476. The van der Waals surface area contributed by atoms with Crippen LogP contribution in [0.1, 0.15) is 17.7 Å². The van der Waals surface area contributed by atoms with Crippen molar-refractivity contribution in [2.45, 2.75) is 24.3 Å². The number of carbonyl (C=O) groups is 1. The van der Waals surface area contributed by atoms with Gasteiger partial charge in [0.05, 0.1) is 4.90 Å². The summed E-state index contributed by atoms with van der Waals surface area (Å²) in [6.45, 7) is 4.29. The number of piperidine rings is 1. The number of hydrogen-bond donors (Lipinski definition) is 0. The zero-order valence-electron chi connectivity index (χ0n) is 17.0. The van der Waals surface area contributed by atoms with E-state index in [-0.39, 0.29) is 29.8 Å². The number of amides is 1. The van der Waals surface area contributed by atoms with Crippen LogP contribution in [0.15, 0.2) is 40.6 Å². The average Bonchev–Trinajstić information content (AvgIpc) is 3.29. The maximum atomic E-state index is 13.5. The van der Waals surface area contributed by atoms with Gasteiger partial charge in [-0.2, -0.15) is 4.31 Å². The van der Waals surface area contributed by atoms with E-state index >= 15 is 0 Å². The van der Waals surface area contributed by atoms with Crippen LogP contribution in [-0.2, 0) is 21.4 Å². The van der Waals surface area contributed by atoms with E-state index in [0.29, 0.717) is 32.0 Å². The van der Waals surface area contributed by atoms with E-state index in [0.717, 1.165) is 31.8 Å². The van der Waals surface area contributed by atoms with E-state index in [1.54, 1.807) is 11.3 Å². The number of carbonyl (C=O) groups excluding carboxylic acids is 1. The van der Waals surface area contributed by atoms with Crippen LogP contribution in [0.5, 0.6) is 0 Å². The Labute approximate surface area is 185 Å². The lowest BCUT2D eigenvalue weighted by atomic mass is 9.96. The monoisotopic (exact) mass is 469 g/mol. The highest BCUT2D eigenvalue weighted by Gasteiger charge is 2.35. The molecule has 3 heterocycles. The van der Waals surface area contributed by atoms with Gasteiger partial charge in [-0.3, -0.25) is 9.69 Å². The number of halogens is 2. The van der Waals surface area contributed by atoms with Gasteiger partial charge in [-0.1, -0.05) is 6.07 Å². The minimum Gasteiger partial charge on any atom is -0.340 e. The number of thiophene rings is 1. The van der Waals surface area contributed by atoms with Crippen molar-refractivity contribution in [2.75, 3.05) is 39.3 Å². The quantitative estimate of drug-likeness (QED) is 0.676. The van der Waals surface area contributed by atoms with Gasteiger partial charge in [0.15, 0.2) is 11.6 Å². The zero-order valence-corrected chi connectivity index (χ0v) is 18.7. The summed E-state index contributed by atoms with van der Waals surface area (Å²) in [4.78, 5) is 18.2. The lowest BCUT2D eigenvalue weighted by Crippen LogP contribution is -2.51. The Balaban J connectivity index is 1.29. The first-order valence-electron chi connectivity index (χ1n) is 10.3. The summed E-state index contributed by atoms with van der Waals surface area (Å²) < 4.78 is 53.3. The third-order valence-corrected chi connectivity index (χ3v) is 8.73. The van der Waals surface area contributed by atoms with Gasteiger partial charge in [0.25, 0.3) is 0 Å². The van der Waals surface area contributed by atoms with Crippen LogP contribution in [0.25, 0.3) is 0 Å². The summed E-state index contributed by atoms with van der Waals surface area (Å²) >= 11 is 1.73. The van der Waals surface area contributed by atoms with Gasteiger partial charge in [0.2, 0.25) is 15.9 Å². The Morgan fingerprint density at radius 1 is 1.00 bits per heavy atom. The third kappa shape index (κ3) is 4.97. The predicted octanol–water partition coefficient (Wildman–Crippen LogP) is 2.77. The summed E-state index contributed by atoms with van der Waals surface area (Å²) in [6, 6.07) is 6.75. The van der Waals surface area contributed by atoms with Crippen LogP contribution in [-0.4, -0.2) is 67.7 Å². The number of piperazine rings is 1. The minimum atomic E-state index is -3.91. The molecule has 2 saturated heterocycles. The smallest absolute Gasteiger partial charge is 0.243 e. The lowest BCUT2D eigenvalue weighted by molar-refractivity contribution is -0.138. The fourth-order valence-corrected chi connectivity index (χ4v) is 6.37. The first kappa shape index (κ1) is 22.3. The molecule has 0 atom stereocenters. The summed E-state index contributed by atoms with van der Waals surface area (Å²) in [5, 5.41) is 2.06. The van der Waals surface area contributed by atoms with Gasteiger partial charge in [-0.25, -0.2) is 17.2 Å². The molecule has 1 aromatic carbocycles. The van der Waals surface area contributed by atoms with E-state index in [2.05, 4.69) is 16.3 Å². The molecule has 6 nitrogen and oxygen atoms in total. The second-order valence-corrected chi connectivity index (χ2v) is 10.9. The van der Waals surface area contributed by atoms with Crippen LogP contribution in [0.2, 0.25) is 0 Å². The molecule has 2 fully saturated rings. The van der Waals surface area contributed by atoms with Gasteiger partial charge in [0.1, 0.15) is 0 Å². The molecular weight excluding hydrogens is 444 g/mol. The molecule has 2 aliphatic heterocycles. The van der Waals surface area contributed by atoms with Gasteiger partial charge >= 0.3 is 0 Å². The minimum absolute atomic E-state index is 0.0839. The van der Waals surface area contributed by atoms with E-state index in [4.69, 9.17) is 0 Å². The molecule has 1 aromatic heterocycles. The lowest BCUT2D eigenvalue weighted by Gasteiger charge is -2.38. The van der Waals surface area contributed by atoms with Crippen molar-refractivity contribution >= 4 is 27.3 Å². The van der Waals surface area contributed by atoms with Crippen LogP contribution < -0.4 is 0 Å². The third-order valence-electron chi connectivity index (χ3n) is 5.98. The largest absolute Gasteiger partial charge is 0.340 e. The number of nitrogens with zero attached hydrogens (tertiary/aromatic N) is 3. The molecule has 4 rings (SSSR count). The van der Waals surface area contributed by atoms with Gasteiger partial charge in [0, 0.05) is 56.6 Å². The molecule has 0 N–H and O–H groups in total. The zero-order chi connectivity index (χ0) is 22.0. The van der Waals surface area contributed by atoms with Crippen LogP contribution in [0, 0.1) is 17.6 Å². The highest BCUT2D eigenvalue weighted by Crippen LogP contribution is 2.26. The van der Waals surface area contributed by atoms with Crippen molar-refractivity contribution < 1.29 is 22.0 Å². The van der Waals surface area contributed by atoms with Gasteiger partial charge < -0.3 is 4.90 Å². The van der Waals surface area contributed by atoms with Crippen molar-refractivity contribution in [1.29, 1.82) is 0 Å². The first-order chi connectivity index (χ1) is 14.8. The molecule has 168 valence electrons. The molecule has 1 amide bonds. The summed E-state index contributed by atoms with van der Waals surface area (Å²) in [5.41, 5.74) is 0. The number of benzene rings is 1. The van der Waals surface area contributed by atoms with Gasteiger partial charge in [-0.05, 0) is 42.5 Å². The molecule has 0 aliphatic carbocycles. The molecule has 0 unspecified atom stereocenters. The topological polar surface area (TPSA) is 60.9 Å². The predicted molar refractivity (Wildman–Crippen MR) is 114 cm³/mol. The van der Waals surface area contributed by atoms with E-state index in [1.807, 2.05) is 11.0 Å². The molecule has 0 saturated carbocycles. The van der Waals surface area contributed by atoms with E-state index in [9.17, 15) is 22.0 Å². The Morgan fingerprint density at radius 2 is 1.71 bits per heavy atom. The molecule has 0 radical (unpaired) electrons. The van der Waals surface area contributed by atoms with Crippen molar-refractivity contribution in [3.8, 4) is 0 Å². The highest BCUT2D eigenvalue weighted by atomic mass is 32.2. The van der Waals surface area contributed by atoms with Crippen molar-refractivity contribution in [1.82, 2.24) is 14.1 Å². The molecule has 2 aliphatic rings. The van der Waals surface area contributed by atoms with Crippen molar-refractivity contribution in [2.24, 2.45) is 5.92 Å². The van der Waals surface area contributed by atoms with Crippen molar-refractivity contribution in [3.63, 3.8) is 0 Å². The Kier molecular flexibility index (Phi) is 6.71. The number of hydrogen-bond acceptors (Lipinski definition) is 5. The normalized spacial score (nSPS) is 19.6. The van der Waals surface area contributed by atoms with Crippen LogP contribution in [0.3, 0.4) is 0 Å². The second-order valence-electron chi connectivity index (χ2n) is 7.94. The Morgan fingerprint density at radius 3 is 2.32 bits per heavy atom. The van der Waals surface area contributed by atoms with E-state index in [1.165, 1.54) is 9.18 Å². The number of sulfonamides is 1. The van der Waals surface area contributed by atoms with Crippen LogP contribution >= 0.6 is 11.3 Å². The van der Waals surface area contributed by atoms with E-state index < -0.39 is 21.7 Å². The Hall–Kier alpha value is -1.88. The Bertz CT molecular complexity index is 1010. The molecule has 10 heteroatoms. The summed E-state index contributed by atoms with van der Waals surface area (Å²) in [5.74, 6) is -2.40. The maximum Gasteiger partial charge on any atom is 0.243 e. The van der Waals surface area contributed by atoms with Crippen molar-refractivity contribution in [3.05, 3.63) is 52.2 Å². The molecule has 0 bridgehead atoms. The summed E-state index contributed by atoms with van der Waals surface area (Å²) in [6.07, 6.45) is 0.855. The second kappa shape index (κ2) is 9.32. The van der Waals surface area contributed by atoms with Gasteiger partial charge in [-0.15, -0.1) is 11.3 Å². The molecule has 0 spiro atoms. The molecule has 2 aromatic rings. The number of rotatable bonds is 5. The highest BCUT2D eigenvalue weighted by molar-refractivity contribution is 7.89. The fourth-order valence-electron chi connectivity index (χ4n) is 4.14. The van der Waals surface area contributed by atoms with Crippen LogP contribution in [0.4, 0.5) is 8.78 Å². The maximum absolute atomic E-state index is 13.5. The molecule has 31 heavy (non-hydrogen) atoms. The first-order valence-corrected chi connectivity index (χ1v) is 12.7. The SMILES string of the molecule is O=C(C1CCN(S(=O)(=O)c2ccc(F)c(F)c2)CC1)N1CCN(Cc2cccs2)CC1. The standard InChI is InChI=1S/C21H25F2N3O3S2/c22-19-4-3-18(14-20(19)23)31(28,29)26-7-5-16(6-8-26)21(27)25-11-9-24(10-12-25)15-17-2-1-13-30-17/h1-4,13-14,16H,5-12,15H2. The summed E-state index contributed by atoms with van der Waals surface area (Å²) in [7, 11) is -3.91. The molecular formula is C21H25F2N3O3S2. The average molecular weight is 470 g/mol.